The summed E-state index contributed by atoms with van der Waals surface area (Å²) in [6, 6.07) is 7.77. The van der Waals surface area contributed by atoms with Crippen molar-refractivity contribution in [2.45, 2.75) is 13.0 Å². The Labute approximate surface area is 107 Å². The number of rotatable bonds is 4. The highest BCUT2D eigenvalue weighted by molar-refractivity contribution is 9.10. The average molecular weight is 295 g/mol. The average Bonchev–Trinajstić information content (AvgIpc) is 2.75. The van der Waals surface area contributed by atoms with Crippen molar-refractivity contribution in [3.63, 3.8) is 0 Å². The van der Waals surface area contributed by atoms with Gasteiger partial charge in [0, 0.05) is 29.0 Å². The number of carboxylic acid groups (broad SMARTS) is 1. The van der Waals surface area contributed by atoms with E-state index in [1.807, 2.05) is 28.8 Å². The van der Waals surface area contributed by atoms with Crippen molar-refractivity contribution in [2.24, 2.45) is 0 Å². The predicted octanol–water partition coefficient (Wildman–Crippen LogP) is 2.79. The molecule has 0 atom stereocenters. The van der Waals surface area contributed by atoms with Crippen LogP contribution in [0.3, 0.4) is 0 Å². The second-order valence-electron chi connectivity index (χ2n) is 3.59. The highest BCUT2D eigenvalue weighted by Gasteiger charge is 2.06. The van der Waals surface area contributed by atoms with E-state index in [9.17, 15) is 4.79 Å². The van der Waals surface area contributed by atoms with Crippen LogP contribution in [-0.4, -0.2) is 20.6 Å². The Morgan fingerprint density at radius 1 is 1.35 bits per heavy atom. The summed E-state index contributed by atoms with van der Waals surface area (Å²) in [5.74, 6) is -0.0146. The Bertz CT molecular complexity index is 520. The lowest BCUT2D eigenvalue weighted by molar-refractivity contribution is -0.137. The minimum atomic E-state index is -0.805. The fraction of sp³-hybridized carbons (Fsp3) is 0.167. The molecule has 1 N–H and O–H groups in total. The van der Waals surface area contributed by atoms with Gasteiger partial charge >= 0.3 is 5.97 Å². The summed E-state index contributed by atoms with van der Waals surface area (Å²) in [5, 5.41) is 8.67. The number of halogens is 1. The molecular formula is C12H11BrN2O2. The molecule has 1 heterocycles. The third-order valence-electron chi connectivity index (χ3n) is 2.38. The largest absolute Gasteiger partial charge is 0.481 e. The van der Waals surface area contributed by atoms with Gasteiger partial charge in [-0.3, -0.25) is 4.79 Å². The molecule has 5 heteroatoms. The van der Waals surface area contributed by atoms with Gasteiger partial charge in [-0.1, -0.05) is 28.1 Å². The number of imidazole rings is 1. The molecule has 0 unspecified atom stereocenters. The third kappa shape index (κ3) is 2.94. The minimum Gasteiger partial charge on any atom is -0.481 e. The first kappa shape index (κ1) is 11.9. The number of hydrogen-bond donors (Lipinski definition) is 1. The Morgan fingerprint density at radius 2 is 2.06 bits per heavy atom. The maximum atomic E-state index is 10.5. The molecule has 17 heavy (non-hydrogen) atoms. The first-order chi connectivity index (χ1) is 8.16. The Morgan fingerprint density at radius 3 is 2.71 bits per heavy atom. The number of aromatic nitrogens is 2. The lowest BCUT2D eigenvalue weighted by Gasteiger charge is -2.06. The molecule has 1 aromatic carbocycles. The summed E-state index contributed by atoms with van der Waals surface area (Å²) in [4.78, 5) is 14.8. The Balaban J connectivity index is 2.24. The standard InChI is InChI=1S/C12H11BrN2O2/c13-10-3-1-9(2-4-10)12-14-6-8-15(12)7-5-11(16)17/h1-4,6,8H,5,7H2,(H,16,17). The SMILES string of the molecule is O=C(O)CCn1ccnc1-c1ccc(Br)cc1. The highest BCUT2D eigenvalue weighted by Crippen LogP contribution is 2.20. The lowest BCUT2D eigenvalue weighted by atomic mass is 10.2. The van der Waals surface area contributed by atoms with E-state index in [1.54, 1.807) is 12.4 Å². The molecule has 0 aliphatic carbocycles. The number of carbonyl (C=O) groups is 1. The Hall–Kier alpha value is -1.62. The molecule has 0 amide bonds. The molecule has 0 saturated carbocycles. The molecule has 2 aromatic rings. The van der Waals surface area contributed by atoms with Crippen molar-refractivity contribution in [3.05, 3.63) is 41.1 Å². The summed E-state index contributed by atoms with van der Waals surface area (Å²) in [6.07, 6.45) is 3.57. The molecule has 0 saturated heterocycles. The van der Waals surface area contributed by atoms with Crippen LogP contribution in [0.15, 0.2) is 41.1 Å². The van der Waals surface area contributed by atoms with Crippen molar-refractivity contribution < 1.29 is 9.90 Å². The molecule has 88 valence electrons. The fourth-order valence-electron chi connectivity index (χ4n) is 1.57. The maximum absolute atomic E-state index is 10.5. The van der Waals surface area contributed by atoms with Gasteiger partial charge in [-0.25, -0.2) is 4.98 Å². The minimum absolute atomic E-state index is 0.0971. The van der Waals surface area contributed by atoms with Gasteiger partial charge in [-0.05, 0) is 12.1 Å². The van der Waals surface area contributed by atoms with Crippen molar-refractivity contribution in [3.8, 4) is 11.4 Å². The van der Waals surface area contributed by atoms with Crippen molar-refractivity contribution in [1.82, 2.24) is 9.55 Å². The van der Waals surface area contributed by atoms with Crippen LogP contribution in [0.2, 0.25) is 0 Å². The van der Waals surface area contributed by atoms with Crippen LogP contribution in [0.5, 0.6) is 0 Å². The van der Waals surface area contributed by atoms with Gasteiger partial charge < -0.3 is 9.67 Å². The molecule has 0 spiro atoms. The van der Waals surface area contributed by atoms with Gasteiger partial charge in [0.1, 0.15) is 5.82 Å². The van der Waals surface area contributed by atoms with E-state index < -0.39 is 5.97 Å². The first-order valence-electron chi connectivity index (χ1n) is 5.15. The van der Waals surface area contributed by atoms with Gasteiger partial charge in [-0.15, -0.1) is 0 Å². The fourth-order valence-corrected chi connectivity index (χ4v) is 1.83. The van der Waals surface area contributed by atoms with E-state index in [-0.39, 0.29) is 6.42 Å². The second kappa shape index (κ2) is 5.14. The molecule has 0 aliphatic rings. The number of benzene rings is 1. The summed E-state index contributed by atoms with van der Waals surface area (Å²) in [6.45, 7) is 0.431. The second-order valence-corrected chi connectivity index (χ2v) is 4.51. The zero-order chi connectivity index (χ0) is 12.3. The van der Waals surface area contributed by atoms with E-state index in [4.69, 9.17) is 5.11 Å². The van der Waals surface area contributed by atoms with Crippen molar-refractivity contribution in [1.29, 1.82) is 0 Å². The molecule has 4 nitrogen and oxygen atoms in total. The molecule has 0 bridgehead atoms. The summed E-state index contributed by atoms with van der Waals surface area (Å²) >= 11 is 3.37. The molecular weight excluding hydrogens is 284 g/mol. The monoisotopic (exact) mass is 294 g/mol. The van der Waals surface area contributed by atoms with E-state index in [2.05, 4.69) is 20.9 Å². The van der Waals surface area contributed by atoms with Crippen LogP contribution in [0, 0.1) is 0 Å². The first-order valence-corrected chi connectivity index (χ1v) is 5.95. The number of aliphatic carboxylic acids is 1. The topological polar surface area (TPSA) is 55.1 Å². The van der Waals surface area contributed by atoms with Crippen LogP contribution < -0.4 is 0 Å². The van der Waals surface area contributed by atoms with Crippen LogP contribution in [0.25, 0.3) is 11.4 Å². The van der Waals surface area contributed by atoms with Gasteiger partial charge in [0.2, 0.25) is 0 Å². The van der Waals surface area contributed by atoms with Gasteiger partial charge in [0.05, 0.1) is 6.42 Å². The number of carboxylic acids is 1. The van der Waals surface area contributed by atoms with Gasteiger partial charge in [0.25, 0.3) is 0 Å². The zero-order valence-corrected chi connectivity index (χ0v) is 10.6. The van der Waals surface area contributed by atoms with E-state index in [0.29, 0.717) is 6.54 Å². The number of nitrogens with zero attached hydrogens (tertiary/aromatic N) is 2. The van der Waals surface area contributed by atoms with Crippen LogP contribution >= 0.6 is 15.9 Å². The lowest BCUT2D eigenvalue weighted by Crippen LogP contribution is -2.05. The molecule has 2 rings (SSSR count). The summed E-state index contributed by atoms with van der Waals surface area (Å²) in [5.41, 5.74) is 0.976. The quantitative estimate of drug-likeness (QED) is 0.943. The van der Waals surface area contributed by atoms with E-state index >= 15 is 0 Å². The Kier molecular flexibility index (Phi) is 3.58. The van der Waals surface area contributed by atoms with E-state index in [1.165, 1.54) is 0 Å². The van der Waals surface area contributed by atoms with Crippen molar-refractivity contribution in [2.75, 3.05) is 0 Å². The van der Waals surface area contributed by atoms with Crippen molar-refractivity contribution >= 4 is 21.9 Å². The summed E-state index contributed by atoms with van der Waals surface area (Å²) < 4.78 is 2.85. The molecule has 0 radical (unpaired) electrons. The molecule has 0 fully saturated rings. The number of aryl methyl sites for hydroxylation is 1. The van der Waals surface area contributed by atoms with E-state index in [0.717, 1.165) is 15.9 Å². The van der Waals surface area contributed by atoms with Crippen LogP contribution in [0.4, 0.5) is 0 Å². The van der Waals surface area contributed by atoms with Crippen LogP contribution in [0.1, 0.15) is 6.42 Å². The smallest absolute Gasteiger partial charge is 0.305 e. The maximum Gasteiger partial charge on any atom is 0.305 e. The third-order valence-corrected chi connectivity index (χ3v) is 2.91. The summed E-state index contributed by atoms with van der Waals surface area (Å²) in [7, 11) is 0. The normalized spacial score (nSPS) is 10.4. The zero-order valence-electron chi connectivity index (χ0n) is 9.01. The predicted molar refractivity (Wildman–Crippen MR) is 67.6 cm³/mol. The van der Waals surface area contributed by atoms with Gasteiger partial charge in [0.15, 0.2) is 0 Å². The highest BCUT2D eigenvalue weighted by atomic mass is 79.9. The van der Waals surface area contributed by atoms with Crippen LogP contribution in [-0.2, 0) is 11.3 Å². The van der Waals surface area contributed by atoms with Gasteiger partial charge in [-0.2, -0.15) is 0 Å². The molecule has 1 aromatic heterocycles. The molecule has 0 aliphatic heterocycles. The number of hydrogen-bond acceptors (Lipinski definition) is 2.